The van der Waals surface area contributed by atoms with Crippen LogP contribution in [0.5, 0.6) is 0 Å². The molecule has 0 spiro atoms. The maximum atomic E-state index is 10.5. The average Bonchev–Trinajstić information content (AvgIpc) is 2.95. The van der Waals surface area contributed by atoms with Gasteiger partial charge in [-0.25, -0.2) is 0 Å². The second-order valence-electron chi connectivity index (χ2n) is 3.00. The molecule has 0 aromatic heterocycles. The van der Waals surface area contributed by atoms with E-state index in [1.807, 2.05) is 30.3 Å². The SMILES string of the molecule is O=CC1(C=O)O[C@@H]1c1ccccc1. The standard InChI is InChI=1S/C10H8O3/c11-6-10(7-12)9(13-10)8-4-2-1-3-5-8/h1-7,9H/t9-/m1/s1. The highest BCUT2D eigenvalue weighted by Crippen LogP contribution is 2.46. The molecule has 1 aromatic carbocycles. The van der Waals surface area contributed by atoms with Crippen LogP contribution in [-0.4, -0.2) is 18.2 Å². The fraction of sp³-hybridized carbons (Fsp3) is 0.200. The van der Waals surface area contributed by atoms with Crippen LogP contribution in [0, 0.1) is 0 Å². The molecule has 1 aliphatic rings. The van der Waals surface area contributed by atoms with E-state index in [9.17, 15) is 9.59 Å². The molecule has 0 aliphatic carbocycles. The van der Waals surface area contributed by atoms with E-state index in [1.165, 1.54) is 0 Å². The number of hydrogen-bond donors (Lipinski definition) is 0. The Hall–Kier alpha value is -1.48. The molecule has 0 N–H and O–H groups in total. The molecule has 13 heavy (non-hydrogen) atoms. The zero-order chi connectivity index (χ0) is 9.31. The first-order valence-corrected chi connectivity index (χ1v) is 3.98. The van der Waals surface area contributed by atoms with E-state index in [4.69, 9.17) is 4.74 Å². The van der Waals surface area contributed by atoms with E-state index in [0.29, 0.717) is 12.6 Å². The highest BCUT2D eigenvalue weighted by Gasteiger charge is 2.57. The second-order valence-corrected chi connectivity index (χ2v) is 3.00. The lowest BCUT2D eigenvalue weighted by molar-refractivity contribution is -0.120. The van der Waals surface area contributed by atoms with Gasteiger partial charge < -0.3 is 4.74 Å². The van der Waals surface area contributed by atoms with Gasteiger partial charge in [0, 0.05) is 0 Å². The van der Waals surface area contributed by atoms with Crippen molar-refractivity contribution in [2.45, 2.75) is 11.7 Å². The molecule has 0 radical (unpaired) electrons. The summed E-state index contributed by atoms with van der Waals surface area (Å²) in [6, 6.07) is 9.23. The average molecular weight is 176 g/mol. The third-order valence-electron chi connectivity index (χ3n) is 2.15. The lowest BCUT2D eigenvalue weighted by atomic mass is 10.0. The number of rotatable bonds is 3. The molecule has 3 nitrogen and oxygen atoms in total. The van der Waals surface area contributed by atoms with Crippen molar-refractivity contribution in [3.8, 4) is 0 Å². The minimum Gasteiger partial charge on any atom is -0.345 e. The third kappa shape index (κ3) is 1.17. The molecule has 1 saturated heterocycles. The Morgan fingerprint density at radius 3 is 2.23 bits per heavy atom. The Morgan fingerprint density at radius 1 is 1.15 bits per heavy atom. The molecule has 0 amide bonds. The Morgan fingerprint density at radius 2 is 1.77 bits per heavy atom. The topological polar surface area (TPSA) is 46.7 Å². The molecule has 0 saturated carbocycles. The normalized spacial score (nSPS) is 23.5. The van der Waals surface area contributed by atoms with Gasteiger partial charge in [-0.05, 0) is 5.56 Å². The Labute approximate surface area is 75.3 Å². The van der Waals surface area contributed by atoms with Crippen LogP contribution in [0.3, 0.4) is 0 Å². The van der Waals surface area contributed by atoms with Crippen molar-refractivity contribution in [2.75, 3.05) is 0 Å². The van der Waals surface area contributed by atoms with Gasteiger partial charge in [-0.2, -0.15) is 0 Å². The predicted molar refractivity (Wildman–Crippen MR) is 45.1 cm³/mol. The molecule has 0 bridgehead atoms. The summed E-state index contributed by atoms with van der Waals surface area (Å²) in [7, 11) is 0. The lowest BCUT2D eigenvalue weighted by Gasteiger charge is -1.94. The molecule has 66 valence electrons. The Kier molecular flexibility index (Phi) is 1.74. The molecule has 1 aromatic rings. The van der Waals surface area contributed by atoms with Crippen molar-refractivity contribution < 1.29 is 14.3 Å². The van der Waals surface area contributed by atoms with E-state index >= 15 is 0 Å². The van der Waals surface area contributed by atoms with E-state index in [2.05, 4.69) is 0 Å². The fourth-order valence-electron chi connectivity index (χ4n) is 1.33. The summed E-state index contributed by atoms with van der Waals surface area (Å²) in [5, 5.41) is 0. The third-order valence-corrected chi connectivity index (χ3v) is 2.15. The Bertz CT molecular complexity index is 323. The fourth-order valence-corrected chi connectivity index (χ4v) is 1.33. The summed E-state index contributed by atoms with van der Waals surface area (Å²) >= 11 is 0. The number of hydrogen-bond acceptors (Lipinski definition) is 3. The van der Waals surface area contributed by atoms with Crippen molar-refractivity contribution in [3.63, 3.8) is 0 Å². The van der Waals surface area contributed by atoms with Crippen LogP contribution in [0.2, 0.25) is 0 Å². The summed E-state index contributed by atoms with van der Waals surface area (Å²) in [6.45, 7) is 0. The first kappa shape index (κ1) is 8.13. The highest BCUT2D eigenvalue weighted by atomic mass is 16.6. The summed E-state index contributed by atoms with van der Waals surface area (Å²) in [4.78, 5) is 21.1. The maximum Gasteiger partial charge on any atom is 0.209 e. The van der Waals surface area contributed by atoms with Crippen LogP contribution < -0.4 is 0 Å². The van der Waals surface area contributed by atoms with Crippen molar-refractivity contribution in [1.29, 1.82) is 0 Å². The monoisotopic (exact) mass is 176 g/mol. The highest BCUT2D eigenvalue weighted by molar-refractivity contribution is 5.92. The number of ether oxygens (including phenoxy) is 1. The maximum absolute atomic E-state index is 10.5. The van der Waals surface area contributed by atoms with Crippen LogP contribution in [-0.2, 0) is 14.3 Å². The molecule has 0 unspecified atom stereocenters. The van der Waals surface area contributed by atoms with Crippen LogP contribution in [0.1, 0.15) is 11.7 Å². The summed E-state index contributed by atoms with van der Waals surface area (Å²) in [6.07, 6.45) is 0.721. The second kappa shape index (κ2) is 2.78. The van der Waals surface area contributed by atoms with Gasteiger partial charge in [0.1, 0.15) is 6.10 Å². The molecular weight excluding hydrogens is 168 g/mol. The van der Waals surface area contributed by atoms with Gasteiger partial charge in [0.25, 0.3) is 0 Å². The predicted octanol–water partition coefficient (Wildman–Crippen LogP) is 0.895. The molecule has 1 aliphatic heterocycles. The van der Waals surface area contributed by atoms with Crippen molar-refractivity contribution in [3.05, 3.63) is 35.9 Å². The molecule has 1 atom stereocenters. The van der Waals surface area contributed by atoms with Crippen molar-refractivity contribution in [1.82, 2.24) is 0 Å². The summed E-state index contributed by atoms with van der Waals surface area (Å²) in [5.74, 6) is 0. The van der Waals surface area contributed by atoms with Gasteiger partial charge in [0.05, 0.1) is 0 Å². The lowest BCUT2D eigenvalue weighted by Crippen LogP contribution is -2.15. The van der Waals surface area contributed by atoms with E-state index < -0.39 is 5.60 Å². The number of aldehydes is 2. The molecular formula is C10H8O3. The first-order chi connectivity index (χ1) is 6.32. The van der Waals surface area contributed by atoms with E-state index in [0.717, 1.165) is 5.56 Å². The van der Waals surface area contributed by atoms with Gasteiger partial charge in [-0.1, -0.05) is 30.3 Å². The van der Waals surface area contributed by atoms with Gasteiger partial charge in [-0.3, -0.25) is 9.59 Å². The van der Waals surface area contributed by atoms with Gasteiger partial charge in [0.15, 0.2) is 12.6 Å². The number of epoxide rings is 1. The van der Waals surface area contributed by atoms with Crippen LogP contribution >= 0.6 is 0 Å². The number of benzene rings is 1. The van der Waals surface area contributed by atoms with Crippen LogP contribution in [0.15, 0.2) is 30.3 Å². The smallest absolute Gasteiger partial charge is 0.209 e. The molecule has 1 heterocycles. The Balaban J connectivity index is 2.24. The minimum atomic E-state index is -1.21. The zero-order valence-electron chi connectivity index (χ0n) is 6.84. The number of carbonyl (C=O) groups is 2. The number of carbonyl (C=O) groups excluding carboxylic acids is 2. The zero-order valence-corrected chi connectivity index (χ0v) is 6.84. The quantitative estimate of drug-likeness (QED) is 0.390. The van der Waals surface area contributed by atoms with E-state index in [-0.39, 0.29) is 6.10 Å². The molecule has 3 heteroatoms. The van der Waals surface area contributed by atoms with Gasteiger partial charge >= 0.3 is 0 Å². The molecule has 1 fully saturated rings. The first-order valence-electron chi connectivity index (χ1n) is 3.98. The van der Waals surface area contributed by atoms with Crippen molar-refractivity contribution in [2.24, 2.45) is 0 Å². The van der Waals surface area contributed by atoms with Crippen LogP contribution in [0.4, 0.5) is 0 Å². The van der Waals surface area contributed by atoms with Crippen LogP contribution in [0.25, 0.3) is 0 Å². The summed E-state index contributed by atoms with van der Waals surface area (Å²) in [5.41, 5.74) is -0.344. The van der Waals surface area contributed by atoms with Gasteiger partial charge in [0.2, 0.25) is 5.60 Å². The summed E-state index contributed by atoms with van der Waals surface area (Å²) < 4.78 is 5.05. The van der Waals surface area contributed by atoms with E-state index in [1.54, 1.807) is 0 Å². The minimum absolute atomic E-state index is 0.385. The van der Waals surface area contributed by atoms with Gasteiger partial charge in [-0.15, -0.1) is 0 Å². The molecule has 2 rings (SSSR count). The largest absolute Gasteiger partial charge is 0.345 e. The van der Waals surface area contributed by atoms with Crippen molar-refractivity contribution >= 4 is 12.6 Å².